The van der Waals surface area contributed by atoms with Gasteiger partial charge in [-0.05, 0) is 6.07 Å². The van der Waals surface area contributed by atoms with E-state index in [9.17, 15) is 19.4 Å². The molecule has 0 unspecified atom stereocenters. The van der Waals surface area contributed by atoms with E-state index >= 15 is 0 Å². The van der Waals surface area contributed by atoms with Crippen LogP contribution in [0.4, 0.5) is 10.2 Å². The molecule has 0 radical (unpaired) electrons. The molecular formula is C11H14FN3O4. The fourth-order valence-corrected chi connectivity index (χ4v) is 1.98. The third kappa shape index (κ3) is 2.03. The first-order chi connectivity index (χ1) is 8.95. The molecule has 1 aliphatic heterocycles. The third-order valence-electron chi connectivity index (χ3n) is 3.13. The Balaban J connectivity index is 2.42. The number of alkyl halides is 1. The van der Waals surface area contributed by atoms with Gasteiger partial charge in [0.2, 0.25) is 0 Å². The molecule has 4 atom stereocenters. The van der Waals surface area contributed by atoms with Crippen molar-refractivity contribution in [2.45, 2.75) is 24.1 Å². The second-order valence-electron chi connectivity index (χ2n) is 4.26. The zero-order valence-corrected chi connectivity index (χ0v) is 9.94. The zero-order chi connectivity index (χ0) is 14.2. The van der Waals surface area contributed by atoms with Crippen molar-refractivity contribution in [2.75, 3.05) is 12.3 Å². The highest BCUT2D eigenvalue weighted by molar-refractivity contribution is 5.24. The van der Waals surface area contributed by atoms with E-state index < -0.39 is 36.4 Å². The Labute approximate surface area is 107 Å². The maximum atomic E-state index is 14.1. The third-order valence-corrected chi connectivity index (χ3v) is 3.13. The van der Waals surface area contributed by atoms with Crippen LogP contribution in [0.5, 0.6) is 0 Å². The zero-order valence-electron chi connectivity index (χ0n) is 9.94. The minimum atomic E-state index is -1.91. The van der Waals surface area contributed by atoms with E-state index in [1.807, 2.05) is 0 Å². The van der Waals surface area contributed by atoms with Gasteiger partial charge in [0.25, 0.3) is 0 Å². The number of rotatable bonds is 3. The number of hydrogen-bond donors (Lipinski definition) is 3. The van der Waals surface area contributed by atoms with Gasteiger partial charge in [0.1, 0.15) is 17.5 Å². The second-order valence-corrected chi connectivity index (χ2v) is 4.26. The number of ether oxygens (including phenoxy) is 1. The molecule has 0 bridgehead atoms. The van der Waals surface area contributed by atoms with Gasteiger partial charge in [-0.3, -0.25) is 4.57 Å². The maximum absolute atomic E-state index is 14.1. The molecule has 4 N–H and O–H groups in total. The summed E-state index contributed by atoms with van der Waals surface area (Å²) in [4.78, 5) is 15.1. The first-order valence-corrected chi connectivity index (χ1v) is 5.54. The van der Waals surface area contributed by atoms with Crippen LogP contribution >= 0.6 is 0 Å². The Morgan fingerprint density at radius 1 is 1.74 bits per heavy atom. The number of aliphatic hydroxyl groups excluding tert-OH is 2. The van der Waals surface area contributed by atoms with Gasteiger partial charge in [0, 0.05) is 6.20 Å². The van der Waals surface area contributed by atoms with Crippen LogP contribution in [0.25, 0.3) is 0 Å². The number of nitrogens with zero attached hydrogens (tertiary/aromatic N) is 2. The molecule has 104 valence electrons. The molecule has 1 fully saturated rings. The van der Waals surface area contributed by atoms with E-state index in [0.29, 0.717) is 0 Å². The normalized spacial score (nSPS) is 34.4. The molecule has 0 aromatic carbocycles. The van der Waals surface area contributed by atoms with Gasteiger partial charge in [0.15, 0.2) is 12.4 Å². The lowest BCUT2D eigenvalue weighted by atomic mass is 9.97. The molecule has 7 nitrogen and oxygen atoms in total. The Kier molecular flexibility index (Phi) is 3.40. The molecule has 1 saturated heterocycles. The molecular weight excluding hydrogens is 257 g/mol. The molecule has 1 aromatic rings. The van der Waals surface area contributed by atoms with Crippen molar-refractivity contribution in [2.24, 2.45) is 0 Å². The SMILES string of the molecule is C=C[C@]1(CO)O[C@@H](n2ccc(N)nc2=O)[C@H](F)[C@H]1O. The van der Waals surface area contributed by atoms with Crippen LogP contribution < -0.4 is 11.4 Å². The van der Waals surface area contributed by atoms with Crippen LogP contribution in [-0.4, -0.2) is 44.2 Å². The van der Waals surface area contributed by atoms with E-state index in [0.717, 1.165) is 10.6 Å². The van der Waals surface area contributed by atoms with E-state index in [1.165, 1.54) is 12.3 Å². The van der Waals surface area contributed by atoms with Gasteiger partial charge in [-0.2, -0.15) is 4.98 Å². The fourth-order valence-electron chi connectivity index (χ4n) is 1.98. The standard InChI is InChI=1S/C11H14FN3O4/c1-2-11(5-16)8(17)7(12)9(19-11)15-4-3-6(13)14-10(15)18/h2-4,7-9,16-17H,1,5H2,(H2,13,14,18)/t7-,8-,9-,11-/m1/s1. The average Bonchev–Trinajstić information content (AvgIpc) is 2.64. The summed E-state index contributed by atoms with van der Waals surface area (Å²) in [5.41, 5.74) is 2.87. The number of nitrogen functional groups attached to an aromatic ring is 1. The fraction of sp³-hybridized carbons (Fsp3) is 0.455. The van der Waals surface area contributed by atoms with Gasteiger partial charge >= 0.3 is 5.69 Å². The molecule has 1 aromatic heterocycles. The second kappa shape index (κ2) is 4.72. The summed E-state index contributed by atoms with van der Waals surface area (Å²) in [5.74, 6) is -0.00709. The van der Waals surface area contributed by atoms with Crippen molar-refractivity contribution in [1.29, 1.82) is 0 Å². The number of aromatic nitrogens is 2. The Bertz CT molecular complexity index is 549. The Morgan fingerprint density at radius 3 is 2.89 bits per heavy atom. The summed E-state index contributed by atoms with van der Waals surface area (Å²) in [7, 11) is 0. The van der Waals surface area contributed by atoms with E-state index in [4.69, 9.17) is 10.5 Å². The predicted octanol–water partition coefficient (Wildman–Crippen LogP) is -1.03. The van der Waals surface area contributed by atoms with Gasteiger partial charge < -0.3 is 20.7 Å². The lowest BCUT2D eigenvalue weighted by molar-refractivity contribution is -0.0982. The number of hydrogen-bond acceptors (Lipinski definition) is 6. The molecule has 2 rings (SSSR count). The van der Waals surface area contributed by atoms with Crippen molar-refractivity contribution < 1.29 is 19.3 Å². The lowest BCUT2D eigenvalue weighted by Gasteiger charge is -2.25. The van der Waals surface area contributed by atoms with Crippen molar-refractivity contribution in [3.63, 3.8) is 0 Å². The smallest absolute Gasteiger partial charge is 0.351 e. The van der Waals surface area contributed by atoms with Crippen molar-refractivity contribution in [3.8, 4) is 0 Å². The lowest BCUT2D eigenvalue weighted by Crippen LogP contribution is -2.43. The molecule has 0 saturated carbocycles. The minimum Gasteiger partial charge on any atom is -0.393 e. The van der Waals surface area contributed by atoms with Crippen molar-refractivity contribution >= 4 is 5.82 Å². The molecule has 1 aliphatic rings. The largest absolute Gasteiger partial charge is 0.393 e. The van der Waals surface area contributed by atoms with Crippen LogP contribution in [-0.2, 0) is 4.74 Å². The van der Waals surface area contributed by atoms with Crippen LogP contribution in [0.3, 0.4) is 0 Å². The summed E-state index contributed by atoms with van der Waals surface area (Å²) < 4.78 is 20.2. The summed E-state index contributed by atoms with van der Waals surface area (Å²) in [5, 5.41) is 19.0. The molecule has 8 heteroatoms. The molecule has 0 aliphatic carbocycles. The number of aliphatic hydroxyl groups is 2. The van der Waals surface area contributed by atoms with Gasteiger partial charge in [-0.25, -0.2) is 9.18 Å². The van der Waals surface area contributed by atoms with E-state index in [-0.39, 0.29) is 5.82 Å². The quantitative estimate of drug-likeness (QED) is 0.606. The maximum Gasteiger partial charge on any atom is 0.351 e. The summed E-state index contributed by atoms with van der Waals surface area (Å²) in [6.45, 7) is 2.74. The molecule has 19 heavy (non-hydrogen) atoms. The molecule has 0 amide bonds. The van der Waals surface area contributed by atoms with Crippen LogP contribution in [0.1, 0.15) is 6.23 Å². The van der Waals surface area contributed by atoms with E-state index in [1.54, 1.807) is 0 Å². The van der Waals surface area contributed by atoms with Crippen LogP contribution in [0.15, 0.2) is 29.7 Å². The van der Waals surface area contributed by atoms with E-state index in [2.05, 4.69) is 11.6 Å². The monoisotopic (exact) mass is 271 g/mol. The van der Waals surface area contributed by atoms with Crippen LogP contribution in [0.2, 0.25) is 0 Å². The first-order valence-electron chi connectivity index (χ1n) is 5.54. The number of nitrogens with two attached hydrogens (primary N) is 1. The molecule has 0 spiro atoms. The van der Waals surface area contributed by atoms with Crippen molar-refractivity contribution in [1.82, 2.24) is 9.55 Å². The predicted molar refractivity (Wildman–Crippen MR) is 63.9 cm³/mol. The highest BCUT2D eigenvalue weighted by Gasteiger charge is 2.54. The van der Waals surface area contributed by atoms with Gasteiger partial charge in [0.05, 0.1) is 6.61 Å². The summed E-state index contributed by atoms with van der Waals surface area (Å²) in [6, 6.07) is 1.30. The topological polar surface area (TPSA) is 111 Å². The van der Waals surface area contributed by atoms with Gasteiger partial charge in [-0.1, -0.05) is 6.08 Å². The number of anilines is 1. The summed E-state index contributed by atoms with van der Waals surface area (Å²) in [6.07, 6.45) is -2.62. The Morgan fingerprint density at radius 2 is 2.42 bits per heavy atom. The highest BCUT2D eigenvalue weighted by atomic mass is 19.1. The van der Waals surface area contributed by atoms with Gasteiger partial charge in [-0.15, -0.1) is 6.58 Å². The Hall–Kier alpha value is -1.77. The highest BCUT2D eigenvalue weighted by Crippen LogP contribution is 2.38. The number of halogens is 1. The van der Waals surface area contributed by atoms with Crippen molar-refractivity contribution in [3.05, 3.63) is 35.4 Å². The molecule has 2 heterocycles. The minimum absolute atomic E-state index is 0.00709. The first kappa shape index (κ1) is 13.7. The summed E-state index contributed by atoms with van der Waals surface area (Å²) >= 11 is 0. The van der Waals surface area contributed by atoms with Crippen LogP contribution in [0, 0.1) is 0 Å². The average molecular weight is 271 g/mol.